The molecule has 2 atom stereocenters. The largest absolute Gasteiger partial charge is 0.497 e. The van der Waals surface area contributed by atoms with Crippen LogP contribution in [0.25, 0.3) is 0 Å². The minimum Gasteiger partial charge on any atom is -0.497 e. The Morgan fingerprint density at radius 3 is 2.38 bits per heavy atom. The highest BCUT2D eigenvalue weighted by Crippen LogP contribution is 2.38. The van der Waals surface area contributed by atoms with E-state index >= 15 is 0 Å². The first-order valence-corrected chi connectivity index (χ1v) is 12.8. The van der Waals surface area contributed by atoms with Gasteiger partial charge in [0.2, 0.25) is 5.91 Å². The van der Waals surface area contributed by atoms with Gasteiger partial charge < -0.3 is 20.3 Å². The van der Waals surface area contributed by atoms with Crippen LogP contribution in [0.15, 0.2) is 90.1 Å². The van der Waals surface area contributed by atoms with Crippen molar-refractivity contribution >= 4 is 23.5 Å². The lowest BCUT2D eigenvalue weighted by molar-refractivity contribution is -0.134. The lowest BCUT2D eigenvalue weighted by atomic mass is 9.95. The van der Waals surface area contributed by atoms with E-state index in [0.29, 0.717) is 29.3 Å². The van der Waals surface area contributed by atoms with Gasteiger partial charge in [0.05, 0.1) is 31.0 Å². The highest BCUT2D eigenvalue weighted by atomic mass is 19.1. The zero-order valence-electron chi connectivity index (χ0n) is 21.7. The zero-order chi connectivity index (χ0) is 27.5. The predicted octanol–water partition coefficient (Wildman–Crippen LogP) is 4.27. The lowest BCUT2D eigenvalue weighted by Gasteiger charge is -2.33. The van der Waals surface area contributed by atoms with E-state index in [1.54, 1.807) is 24.1 Å². The van der Waals surface area contributed by atoms with Gasteiger partial charge in [-0.15, -0.1) is 0 Å². The number of hydrogen-bond acceptors (Lipinski definition) is 4. The Hall–Kier alpha value is -4.66. The molecule has 0 saturated heterocycles. The maximum Gasteiger partial charge on any atom is 0.322 e. The number of amides is 4. The number of anilines is 1. The summed E-state index contributed by atoms with van der Waals surface area (Å²) in [5.74, 6) is -0.478. The van der Waals surface area contributed by atoms with Gasteiger partial charge in [-0.1, -0.05) is 42.5 Å². The van der Waals surface area contributed by atoms with Gasteiger partial charge >= 0.3 is 6.03 Å². The Kier molecular flexibility index (Phi) is 7.31. The average Bonchev–Trinajstić information content (AvgIpc) is 3.29. The van der Waals surface area contributed by atoms with Crippen molar-refractivity contribution in [2.75, 3.05) is 25.5 Å². The number of methoxy groups -OCH3 is 1. The standard InChI is InChI=1S/C30H29FN4O4/c1-3-34-25-18-35(29(37)26(25)27(33-30(34)38)20-9-15-23(39-2)16-10-20)24(17-19-7-5-4-6-8-19)28(36)32-22-13-11-21(31)12-14-22/h4-16,24,27H,3,17-18H2,1-2H3,(H,32,36)(H,33,38). The van der Waals surface area contributed by atoms with Gasteiger partial charge in [-0.05, 0) is 54.4 Å². The van der Waals surface area contributed by atoms with Crippen molar-refractivity contribution in [3.63, 3.8) is 0 Å². The van der Waals surface area contributed by atoms with Gasteiger partial charge in [0, 0.05) is 18.7 Å². The third-order valence-corrected chi connectivity index (χ3v) is 7.08. The Morgan fingerprint density at radius 1 is 1.05 bits per heavy atom. The van der Waals surface area contributed by atoms with Crippen molar-refractivity contribution in [3.05, 3.63) is 107 Å². The summed E-state index contributed by atoms with van der Waals surface area (Å²) in [7, 11) is 1.57. The van der Waals surface area contributed by atoms with Crippen LogP contribution in [0.4, 0.5) is 14.9 Å². The molecule has 2 N–H and O–H groups in total. The molecule has 2 unspecified atom stereocenters. The molecule has 2 aliphatic rings. The highest BCUT2D eigenvalue weighted by molar-refractivity contribution is 6.05. The number of carbonyl (C=O) groups excluding carboxylic acids is 3. The van der Waals surface area contributed by atoms with Gasteiger partial charge in [0.1, 0.15) is 17.6 Å². The predicted molar refractivity (Wildman–Crippen MR) is 144 cm³/mol. The average molecular weight is 529 g/mol. The van der Waals surface area contributed by atoms with Gasteiger partial charge in [-0.2, -0.15) is 0 Å². The number of halogens is 1. The molecule has 200 valence electrons. The molecule has 0 spiro atoms. The van der Waals surface area contributed by atoms with E-state index < -0.39 is 23.8 Å². The highest BCUT2D eigenvalue weighted by Gasteiger charge is 2.46. The van der Waals surface area contributed by atoms with Crippen LogP contribution >= 0.6 is 0 Å². The molecule has 0 radical (unpaired) electrons. The summed E-state index contributed by atoms with van der Waals surface area (Å²) in [6.45, 7) is 2.32. The summed E-state index contributed by atoms with van der Waals surface area (Å²) in [6.07, 6.45) is 0.265. The molecule has 5 rings (SSSR count). The molecule has 9 heteroatoms. The van der Waals surface area contributed by atoms with Gasteiger partial charge in [-0.3, -0.25) is 14.5 Å². The van der Waals surface area contributed by atoms with Crippen LogP contribution in [0.5, 0.6) is 5.75 Å². The molecule has 2 aliphatic heterocycles. The van der Waals surface area contributed by atoms with Crippen LogP contribution in [0.3, 0.4) is 0 Å². The fourth-order valence-electron chi connectivity index (χ4n) is 5.09. The molecule has 39 heavy (non-hydrogen) atoms. The number of ether oxygens (including phenoxy) is 1. The first-order chi connectivity index (χ1) is 18.9. The molecule has 2 heterocycles. The maximum absolute atomic E-state index is 14.1. The Balaban J connectivity index is 1.50. The van der Waals surface area contributed by atoms with Crippen LogP contribution in [0.2, 0.25) is 0 Å². The second kappa shape index (κ2) is 11.0. The van der Waals surface area contributed by atoms with E-state index in [1.165, 1.54) is 29.2 Å². The van der Waals surface area contributed by atoms with Crippen LogP contribution in [-0.4, -0.2) is 53.9 Å². The SMILES string of the molecule is CCN1C(=O)NC(c2ccc(OC)cc2)C2=C1CN(C(Cc1ccccc1)C(=O)Nc1ccc(F)cc1)C2=O. The molecule has 0 fully saturated rings. The second-order valence-corrected chi connectivity index (χ2v) is 9.40. The third kappa shape index (κ3) is 5.20. The van der Waals surface area contributed by atoms with Crippen LogP contribution in [0, 0.1) is 5.82 Å². The van der Waals surface area contributed by atoms with Gasteiger partial charge in [0.25, 0.3) is 5.91 Å². The second-order valence-electron chi connectivity index (χ2n) is 9.40. The minimum atomic E-state index is -0.874. The zero-order valence-corrected chi connectivity index (χ0v) is 21.7. The number of nitrogens with one attached hydrogen (secondary N) is 2. The molecule has 0 bridgehead atoms. The van der Waals surface area contributed by atoms with Crippen molar-refractivity contribution in [3.8, 4) is 5.75 Å². The van der Waals surface area contributed by atoms with Crippen molar-refractivity contribution < 1.29 is 23.5 Å². The van der Waals surface area contributed by atoms with Crippen LogP contribution < -0.4 is 15.4 Å². The van der Waals surface area contributed by atoms with Crippen LogP contribution in [-0.2, 0) is 16.0 Å². The minimum absolute atomic E-state index is 0.108. The molecule has 3 aromatic carbocycles. The molecule has 0 saturated carbocycles. The number of likely N-dealkylation sites (N-methyl/N-ethyl adjacent to an activating group) is 1. The fourth-order valence-corrected chi connectivity index (χ4v) is 5.09. The Bertz CT molecular complexity index is 1410. The van der Waals surface area contributed by atoms with E-state index in [4.69, 9.17) is 4.74 Å². The molecular weight excluding hydrogens is 499 g/mol. The van der Waals surface area contributed by atoms with Crippen molar-refractivity contribution in [1.82, 2.24) is 15.1 Å². The summed E-state index contributed by atoms with van der Waals surface area (Å²) in [4.78, 5) is 43.9. The lowest BCUT2D eigenvalue weighted by Crippen LogP contribution is -2.47. The molecule has 0 aliphatic carbocycles. The van der Waals surface area contributed by atoms with E-state index in [1.807, 2.05) is 49.4 Å². The maximum atomic E-state index is 14.1. The summed E-state index contributed by atoms with van der Waals surface area (Å²) < 4.78 is 18.7. The van der Waals surface area contributed by atoms with E-state index in [-0.39, 0.29) is 24.9 Å². The summed E-state index contributed by atoms with van der Waals surface area (Å²) >= 11 is 0. The Labute approximate surface area is 226 Å². The topological polar surface area (TPSA) is 91.0 Å². The number of urea groups is 1. The van der Waals surface area contributed by atoms with E-state index in [2.05, 4.69) is 10.6 Å². The summed E-state index contributed by atoms with van der Waals surface area (Å²) in [5, 5.41) is 5.79. The van der Waals surface area contributed by atoms with Crippen molar-refractivity contribution in [2.45, 2.75) is 25.4 Å². The van der Waals surface area contributed by atoms with Gasteiger partial charge in [-0.25, -0.2) is 9.18 Å². The number of nitrogens with zero attached hydrogens (tertiary/aromatic N) is 2. The summed E-state index contributed by atoms with van der Waals surface area (Å²) in [5.41, 5.74) is 3.06. The van der Waals surface area contributed by atoms with E-state index in [9.17, 15) is 18.8 Å². The van der Waals surface area contributed by atoms with Gasteiger partial charge in [0.15, 0.2) is 0 Å². The first kappa shape index (κ1) is 26.0. The van der Waals surface area contributed by atoms with Crippen molar-refractivity contribution in [1.29, 1.82) is 0 Å². The summed E-state index contributed by atoms with van der Waals surface area (Å²) in [6, 6.07) is 20.2. The van der Waals surface area contributed by atoms with Crippen LogP contribution in [0.1, 0.15) is 24.1 Å². The first-order valence-electron chi connectivity index (χ1n) is 12.8. The Morgan fingerprint density at radius 2 is 1.74 bits per heavy atom. The fraction of sp³-hybridized carbons (Fsp3) is 0.233. The quantitative estimate of drug-likeness (QED) is 0.457. The molecule has 8 nitrogen and oxygen atoms in total. The van der Waals surface area contributed by atoms with Crippen molar-refractivity contribution in [2.24, 2.45) is 0 Å². The normalized spacial score (nSPS) is 17.6. The molecule has 3 aromatic rings. The molecule has 4 amide bonds. The molecule has 0 aromatic heterocycles. The third-order valence-electron chi connectivity index (χ3n) is 7.08. The molecular formula is C30H29FN4O4. The van der Waals surface area contributed by atoms with E-state index in [0.717, 1.165) is 11.1 Å². The smallest absolute Gasteiger partial charge is 0.322 e. The number of rotatable bonds is 8. The number of benzene rings is 3. The number of hydrogen-bond donors (Lipinski definition) is 2. The monoisotopic (exact) mass is 528 g/mol. The number of carbonyl (C=O) groups is 3.